The molecule has 92 valence electrons. The zero-order chi connectivity index (χ0) is 12.8. The summed E-state index contributed by atoms with van der Waals surface area (Å²) in [6.07, 6.45) is 0. The molecule has 0 bridgehead atoms. The Bertz CT molecular complexity index is 569. The maximum atomic E-state index is 4.34. The van der Waals surface area contributed by atoms with E-state index in [4.69, 9.17) is 0 Å². The van der Waals surface area contributed by atoms with E-state index in [1.165, 1.54) is 10.3 Å². The van der Waals surface area contributed by atoms with E-state index < -0.39 is 0 Å². The van der Waals surface area contributed by atoms with E-state index in [2.05, 4.69) is 35.4 Å². The van der Waals surface area contributed by atoms with Crippen LogP contribution in [0.5, 0.6) is 0 Å². The van der Waals surface area contributed by atoms with Gasteiger partial charge in [-0.1, -0.05) is 59.4 Å². The summed E-state index contributed by atoms with van der Waals surface area (Å²) in [6, 6.07) is 18.4. The zero-order valence-electron chi connectivity index (χ0n) is 10.6. The topological polar surface area (TPSA) is 24.9 Å². The van der Waals surface area contributed by atoms with E-state index in [9.17, 15) is 0 Å². The molecule has 0 saturated heterocycles. The summed E-state index contributed by atoms with van der Waals surface area (Å²) in [5, 5.41) is 4.00. The van der Waals surface area contributed by atoms with Crippen molar-refractivity contribution in [2.75, 3.05) is 12.4 Å². The maximum Gasteiger partial charge on any atom is 0.183 e. The number of hydrogen-bond acceptors (Lipinski definition) is 3. The number of para-hydroxylation sites is 1. The lowest BCUT2D eigenvalue weighted by molar-refractivity contribution is 1.41. The Hall–Kier alpha value is -1.87. The zero-order valence-corrected chi connectivity index (χ0v) is 11.4. The Morgan fingerprint density at radius 2 is 1.61 bits per heavy atom. The molecule has 3 rings (SSSR count). The van der Waals surface area contributed by atoms with Crippen LogP contribution in [0.4, 0.5) is 5.13 Å². The van der Waals surface area contributed by atoms with Gasteiger partial charge in [0.2, 0.25) is 0 Å². The summed E-state index contributed by atoms with van der Waals surface area (Å²) in [5.41, 5.74) is 2.39. The van der Waals surface area contributed by atoms with Crippen LogP contribution < -0.4 is 5.32 Å². The van der Waals surface area contributed by atoms with Crippen LogP contribution >= 0.6 is 11.3 Å². The molecule has 1 heterocycles. The minimum atomic E-state index is 0.978. The summed E-state index contributed by atoms with van der Waals surface area (Å²) in [5.74, 6) is 0. The van der Waals surface area contributed by atoms with Crippen molar-refractivity contribution in [3.8, 4) is 0 Å². The predicted molar refractivity (Wildman–Crippen MR) is 80.3 cm³/mol. The number of benzene rings is 2. The molecule has 0 aliphatic carbocycles. The fourth-order valence-corrected chi connectivity index (χ4v) is 2.33. The van der Waals surface area contributed by atoms with Crippen LogP contribution in [-0.4, -0.2) is 12.0 Å². The van der Waals surface area contributed by atoms with E-state index in [0.717, 1.165) is 10.6 Å². The first-order chi connectivity index (χ1) is 8.79. The Morgan fingerprint density at radius 1 is 0.944 bits per heavy atom. The maximum absolute atomic E-state index is 4.34. The van der Waals surface area contributed by atoms with Crippen molar-refractivity contribution >= 4 is 26.7 Å². The Kier molecular flexibility index (Phi) is 4.31. The monoisotopic (exact) mass is 256 g/mol. The number of aromatic nitrogens is 1. The fraction of sp³-hybridized carbons (Fsp3) is 0.133. The summed E-state index contributed by atoms with van der Waals surface area (Å²) in [7, 11) is 1.89. The SMILES string of the molecule is CNc1nc2ccccc2s1.Cc1ccccc1. The van der Waals surface area contributed by atoms with Crippen LogP contribution in [0, 0.1) is 6.92 Å². The molecule has 0 fully saturated rings. The molecule has 2 aromatic carbocycles. The standard InChI is InChI=1S/C8H8N2S.C7H8/c1-9-8-10-6-4-2-3-5-7(6)11-8;1-7-5-3-2-4-6-7/h2-5H,1H3,(H,9,10);2-6H,1H3. The van der Waals surface area contributed by atoms with Crippen LogP contribution in [0.15, 0.2) is 54.6 Å². The Labute approximate surface area is 111 Å². The highest BCUT2D eigenvalue weighted by molar-refractivity contribution is 7.22. The number of nitrogens with zero attached hydrogens (tertiary/aromatic N) is 1. The van der Waals surface area contributed by atoms with Crippen molar-refractivity contribution in [3.05, 3.63) is 60.2 Å². The van der Waals surface area contributed by atoms with E-state index >= 15 is 0 Å². The molecule has 0 atom stereocenters. The third kappa shape index (κ3) is 3.31. The first-order valence-electron chi connectivity index (χ1n) is 5.84. The van der Waals surface area contributed by atoms with Gasteiger partial charge in [0.25, 0.3) is 0 Å². The number of anilines is 1. The summed E-state index contributed by atoms with van der Waals surface area (Å²) < 4.78 is 1.23. The van der Waals surface area contributed by atoms with Crippen LogP contribution in [0.1, 0.15) is 5.56 Å². The molecule has 3 aromatic rings. The first kappa shape index (κ1) is 12.6. The highest BCUT2D eigenvalue weighted by atomic mass is 32.1. The molecule has 3 heteroatoms. The van der Waals surface area contributed by atoms with Crippen LogP contribution in [0.3, 0.4) is 0 Å². The predicted octanol–water partition coefficient (Wildman–Crippen LogP) is 4.33. The Morgan fingerprint density at radius 3 is 2.17 bits per heavy atom. The van der Waals surface area contributed by atoms with Gasteiger partial charge in [-0.25, -0.2) is 4.98 Å². The van der Waals surface area contributed by atoms with Crippen LogP contribution in [0.2, 0.25) is 0 Å². The number of nitrogens with one attached hydrogen (secondary N) is 1. The number of rotatable bonds is 1. The lowest BCUT2D eigenvalue weighted by atomic mass is 10.2. The molecule has 18 heavy (non-hydrogen) atoms. The van der Waals surface area contributed by atoms with Crippen molar-refractivity contribution < 1.29 is 0 Å². The van der Waals surface area contributed by atoms with E-state index in [1.54, 1.807) is 11.3 Å². The van der Waals surface area contributed by atoms with Crippen molar-refractivity contribution in [2.24, 2.45) is 0 Å². The smallest absolute Gasteiger partial charge is 0.183 e. The van der Waals surface area contributed by atoms with Gasteiger partial charge in [0.15, 0.2) is 5.13 Å². The molecule has 0 amide bonds. The largest absolute Gasteiger partial charge is 0.365 e. The second-order valence-electron chi connectivity index (χ2n) is 3.89. The fourth-order valence-electron chi connectivity index (χ4n) is 1.51. The summed E-state index contributed by atoms with van der Waals surface area (Å²) in [6.45, 7) is 2.08. The van der Waals surface area contributed by atoms with E-state index in [0.29, 0.717) is 0 Å². The summed E-state index contributed by atoms with van der Waals surface area (Å²) >= 11 is 1.68. The number of hydrogen-bond donors (Lipinski definition) is 1. The number of thiazole rings is 1. The lowest BCUT2D eigenvalue weighted by Gasteiger charge is -1.84. The highest BCUT2D eigenvalue weighted by Gasteiger charge is 1.98. The van der Waals surface area contributed by atoms with Crippen molar-refractivity contribution in [1.82, 2.24) is 4.98 Å². The van der Waals surface area contributed by atoms with Gasteiger partial charge in [-0.15, -0.1) is 0 Å². The van der Waals surface area contributed by atoms with Gasteiger partial charge in [-0.3, -0.25) is 0 Å². The minimum absolute atomic E-state index is 0.978. The van der Waals surface area contributed by atoms with Crippen LogP contribution in [0.25, 0.3) is 10.2 Å². The van der Waals surface area contributed by atoms with Crippen molar-refractivity contribution in [3.63, 3.8) is 0 Å². The third-order valence-electron chi connectivity index (χ3n) is 2.45. The second-order valence-corrected chi connectivity index (χ2v) is 4.92. The minimum Gasteiger partial charge on any atom is -0.365 e. The molecule has 0 radical (unpaired) electrons. The molecular formula is C15H16N2S. The number of fused-ring (bicyclic) bond motifs is 1. The first-order valence-corrected chi connectivity index (χ1v) is 6.66. The molecule has 0 aliphatic heterocycles. The molecule has 1 aromatic heterocycles. The normalized spacial score (nSPS) is 9.67. The van der Waals surface area contributed by atoms with Gasteiger partial charge >= 0.3 is 0 Å². The van der Waals surface area contributed by atoms with Gasteiger partial charge in [0.1, 0.15) is 0 Å². The lowest BCUT2D eigenvalue weighted by Crippen LogP contribution is -1.83. The average molecular weight is 256 g/mol. The molecule has 2 nitrogen and oxygen atoms in total. The highest BCUT2D eigenvalue weighted by Crippen LogP contribution is 2.24. The van der Waals surface area contributed by atoms with Crippen molar-refractivity contribution in [2.45, 2.75) is 6.92 Å². The van der Waals surface area contributed by atoms with Gasteiger partial charge < -0.3 is 5.32 Å². The van der Waals surface area contributed by atoms with Crippen molar-refractivity contribution in [1.29, 1.82) is 0 Å². The molecule has 0 aliphatic rings. The van der Waals surface area contributed by atoms with Gasteiger partial charge in [0.05, 0.1) is 10.2 Å². The second kappa shape index (κ2) is 6.17. The molecule has 0 spiro atoms. The molecule has 0 unspecified atom stereocenters. The quantitative estimate of drug-likeness (QED) is 0.701. The van der Waals surface area contributed by atoms with E-state index in [1.807, 2.05) is 43.4 Å². The molecular weight excluding hydrogens is 240 g/mol. The van der Waals surface area contributed by atoms with Crippen LogP contribution in [-0.2, 0) is 0 Å². The third-order valence-corrected chi connectivity index (χ3v) is 3.50. The number of aryl methyl sites for hydroxylation is 1. The van der Waals surface area contributed by atoms with Gasteiger partial charge in [-0.05, 0) is 19.1 Å². The van der Waals surface area contributed by atoms with E-state index in [-0.39, 0.29) is 0 Å². The molecule has 0 saturated carbocycles. The van der Waals surface area contributed by atoms with Gasteiger partial charge in [0, 0.05) is 7.05 Å². The summed E-state index contributed by atoms with van der Waals surface area (Å²) in [4.78, 5) is 4.34. The van der Waals surface area contributed by atoms with Gasteiger partial charge in [-0.2, -0.15) is 0 Å². The Balaban J connectivity index is 0.000000149. The molecule has 1 N–H and O–H groups in total. The average Bonchev–Trinajstić information content (AvgIpc) is 2.83.